The molecule has 0 saturated carbocycles. The Labute approximate surface area is 99.9 Å². The lowest BCUT2D eigenvalue weighted by Crippen LogP contribution is -2.07. The Morgan fingerprint density at radius 1 is 1.40 bits per heavy atom. The van der Waals surface area contributed by atoms with Gasteiger partial charge in [0, 0.05) is 24.5 Å². The van der Waals surface area contributed by atoms with Gasteiger partial charge in [-0.25, -0.2) is 15.0 Å². The molecule has 78 valence electrons. The molecule has 0 radical (unpaired) electrons. The van der Waals surface area contributed by atoms with Crippen LogP contribution in [0.1, 0.15) is 5.69 Å². The maximum Gasteiger partial charge on any atom is 0.143 e. The van der Waals surface area contributed by atoms with E-state index in [2.05, 4.69) is 41.6 Å². The van der Waals surface area contributed by atoms with Gasteiger partial charge >= 0.3 is 0 Å². The molecule has 0 aliphatic heterocycles. The van der Waals surface area contributed by atoms with Crippen molar-refractivity contribution in [2.24, 2.45) is 0 Å². The predicted octanol–water partition coefficient (Wildman–Crippen LogP) is 2.35. The lowest BCUT2D eigenvalue weighted by Gasteiger charge is -2.04. The molecule has 0 aliphatic carbocycles. The van der Waals surface area contributed by atoms with Crippen molar-refractivity contribution in [2.75, 3.05) is 11.9 Å². The molecule has 6 heteroatoms. The van der Waals surface area contributed by atoms with Crippen molar-refractivity contribution in [1.29, 1.82) is 0 Å². The first kappa shape index (κ1) is 10.5. The van der Waals surface area contributed by atoms with Crippen LogP contribution in [0.2, 0.25) is 0 Å². The van der Waals surface area contributed by atoms with Crippen LogP contribution in [-0.2, 0) is 6.42 Å². The largest absolute Gasteiger partial charge is 0.369 e. The molecule has 2 aromatic rings. The molecule has 4 nitrogen and oxygen atoms in total. The number of hydrogen-bond donors (Lipinski definition) is 1. The Morgan fingerprint density at radius 3 is 3.07 bits per heavy atom. The highest BCUT2D eigenvalue weighted by molar-refractivity contribution is 9.10. The number of aromatic nitrogens is 3. The molecule has 2 rings (SSSR count). The number of nitrogens with zero attached hydrogens (tertiary/aromatic N) is 3. The summed E-state index contributed by atoms with van der Waals surface area (Å²) in [5.41, 5.74) is 2.95. The lowest BCUT2D eigenvalue weighted by atomic mass is 10.3. The standard InChI is InChI=1S/C9H9BrN4S/c10-8-3-11-5-13-9(8)12-2-1-7-4-15-6-14-7/h3-6H,1-2H2,(H,11,12,13). The number of anilines is 1. The van der Waals surface area contributed by atoms with Crippen LogP contribution in [0, 0.1) is 0 Å². The fourth-order valence-electron chi connectivity index (χ4n) is 1.11. The van der Waals surface area contributed by atoms with Crippen molar-refractivity contribution in [2.45, 2.75) is 6.42 Å². The number of nitrogens with one attached hydrogen (secondary N) is 1. The Balaban J connectivity index is 1.86. The molecular formula is C9H9BrN4S. The van der Waals surface area contributed by atoms with Crippen LogP contribution in [0.25, 0.3) is 0 Å². The van der Waals surface area contributed by atoms with E-state index in [-0.39, 0.29) is 0 Å². The van der Waals surface area contributed by atoms with Crippen molar-refractivity contribution in [1.82, 2.24) is 15.0 Å². The SMILES string of the molecule is Brc1cncnc1NCCc1cscn1. The third-order valence-corrected chi connectivity index (χ3v) is 3.04. The molecular weight excluding hydrogens is 276 g/mol. The second-order valence-electron chi connectivity index (χ2n) is 2.88. The van der Waals surface area contributed by atoms with Gasteiger partial charge in [0.2, 0.25) is 0 Å². The van der Waals surface area contributed by atoms with Crippen molar-refractivity contribution in [3.05, 3.63) is 33.6 Å². The van der Waals surface area contributed by atoms with Crippen molar-refractivity contribution < 1.29 is 0 Å². The van der Waals surface area contributed by atoms with Crippen molar-refractivity contribution >= 4 is 33.1 Å². The van der Waals surface area contributed by atoms with Gasteiger partial charge in [0.1, 0.15) is 12.1 Å². The summed E-state index contributed by atoms with van der Waals surface area (Å²) in [6.45, 7) is 0.819. The number of thiazole rings is 1. The van der Waals surface area contributed by atoms with Crippen LogP contribution in [0.3, 0.4) is 0 Å². The first-order valence-electron chi connectivity index (χ1n) is 4.42. The number of hydrogen-bond acceptors (Lipinski definition) is 5. The Bertz CT molecular complexity index is 418. The third-order valence-electron chi connectivity index (χ3n) is 1.82. The fraction of sp³-hybridized carbons (Fsp3) is 0.222. The van der Waals surface area contributed by atoms with Crippen LogP contribution >= 0.6 is 27.3 Å². The van der Waals surface area contributed by atoms with E-state index < -0.39 is 0 Å². The summed E-state index contributed by atoms with van der Waals surface area (Å²) < 4.78 is 0.878. The fourth-order valence-corrected chi connectivity index (χ4v) is 2.07. The number of halogens is 1. The van der Waals surface area contributed by atoms with Gasteiger partial charge in [-0.2, -0.15) is 0 Å². The summed E-state index contributed by atoms with van der Waals surface area (Å²) in [5, 5.41) is 5.27. The quantitative estimate of drug-likeness (QED) is 0.937. The van der Waals surface area contributed by atoms with Gasteiger partial charge in [-0.05, 0) is 15.9 Å². The van der Waals surface area contributed by atoms with E-state index in [1.165, 1.54) is 6.33 Å². The zero-order valence-corrected chi connectivity index (χ0v) is 10.3. The minimum Gasteiger partial charge on any atom is -0.369 e. The van der Waals surface area contributed by atoms with Gasteiger partial charge in [-0.15, -0.1) is 11.3 Å². The Hall–Kier alpha value is -1.01. The maximum atomic E-state index is 4.20. The van der Waals surface area contributed by atoms with Crippen LogP contribution < -0.4 is 5.32 Å². The zero-order valence-electron chi connectivity index (χ0n) is 7.85. The summed E-state index contributed by atoms with van der Waals surface area (Å²) in [4.78, 5) is 12.2. The zero-order chi connectivity index (χ0) is 10.5. The van der Waals surface area contributed by atoms with E-state index in [0.29, 0.717) is 0 Å². The van der Waals surface area contributed by atoms with E-state index in [0.717, 1.165) is 29.0 Å². The summed E-state index contributed by atoms with van der Waals surface area (Å²) in [6, 6.07) is 0. The minimum absolute atomic E-state index is 0.819. The monoisotopic (exact) mass is 284 g/mol. The van der Waals surface area contributed by atoms with Crippen molar-refractivity contribution in [3.63, 3.8) is 0 Å². The summed E-state index contributed by atoms with van der Waals surface area (Å²) in [6.07, 6.45) is 4.15. The normalized spacial score (nSPS) is 10.2. The van der Waals surface area contributed by atoms with Gasteiger partial charge in [-0.1, -0.05) is 0 Å². The second kappa shape index (κ2) is 5.18. The van der Waals surface area contributed by atoms with Gasteiger partial charge in [-0.3, -0.25) is 0 Å². The molecule has 0 fully saturated rings. The van der Waals surface area contributed by atoms with E-state index in [4.69, 9.17) is 0 Å². The molecule has 0 aliphatic rings. The molecule has 0 unspecified atom stereocenters. The van der Waals surface area contributed by atoms with Crippen LogP contribution in [0.4, 0.5) is 5.82 Å². The smallest absolute Gasteiger partial charge is 0.143 e. The predicted molar refractivity (Wildman–Crippen MR) is 64.0 cm³/mol. The first-order valence-corrected chi connectivity index (χ1v) is 6.16. The summed E-state index contributed by atoms with van der Waals surface area (Å²) in [7, 11) is 0. The maximum absolute atomic E-state index is 4.20. The van der Waals surface area contributed by atoms with E-state index in [9.17, 15) is 0 Å². The van der Waals surface area contributed by atoms with Gasteiger partial charge in [0.05, 0.1) is 15.7 Å². The van der Waals surface area contributed by atoms with Gasteiger partial charge in [0.25, 0.3) is 0 Å². The Kier molecular flexibility index (Phi) is 3.63. The highest BCUT2D eigenvalue weighted by atomic mass is 79.9. The van der Waals surface area contributed by atoms with Crippen LogP contribution in [-0.4, -0.2) is 21.5 Å². The molecule has 2 heterocycles. The topological polar surface area (TPSA) is 50.7 Å². The van der Waals surface area contributed by atoms with Crippen molar-refractivity contribution in [3.8, 4) is 0 Å². The molecule has 0 amide bonds. The van der Waals surface area contributed by atoms with Crippen LogP contribution in [0.15, 0.2) is 27.9 Å². The second-order valence-corrected chi connectivity index (χ2v) is 4.45. The number of rotatable bonds is 4. The summed E-state index contributed by atoms with van der Waals surface area (Å²) >= 11 is 4.99. The van der Waals surface area contributed by atoms with E-state index >= 15 is 0 Å². The first-order chi connectivity index (χ1) is 7.36. The van der Waals surface area contributed by atoms with E-state index in [1.807, 2.05) is 5.51 Å². The molecule has 0 spiro atoms. The molecule has 0 aromatic carbocycles. The van der Waals surface area contributed by atoms with E-state index in [1.54, 1.807) is 17.5 Å². The third kappa shape index (κ3) is 2.97. The molecule has 2 aromatic heterocycles. The molecule has 15 heavy (non-hydrogen) atoms. The van der Waals surface area contributed by atoms with Gasteiger partial charge < -0.3 is 5.32 Å². The molecule has 0 bridgehead atoms. The highest BCUT2D eigenvalue weighted by Crippen LogP contribution is 2.16. The van der Waals surface area contributed by atoms with Crippen LogP contribution in [0.5, 0.6) is 0 Å². The van der Waals surface area contributed by atoms with Gasteiger partial charge in [0.15, 0.2) is 0 Å². The highest BCUT2D eigenvalue weighted by Gasteiger charge is 2.00. The lowest BCUT2D eigenvalue weighted by molar-refractivity contribution is 0.962. The molecule has 0 saturated heterocycles. The Morgan fingerprint density at radius 2 is 2.33 bits per heavy atom. The molecule has 1 N–H and O–H groups in total. The average molecular weight is 285 g/mol. The minimum atomic E-state index is 0.819. The summed E-state index contributed by atoms with van der Waals surface area (Å²) in [5.74, 6) is 0.820. The molecule has 0 atom stereocenters. The average Bonchev–Trinajstić information content (AvgIpc) is 2.74.